The van der Waals surface area contributed by atoms with Crippen LogP contribution in [0.5, 0.6) is 0 Å². The minimum atomic E-state index is -0.523. The second-order valence-corrected chi connectivity index (χ2v) is 3.38. The SMILES string of the molecule is CCCN[C@H](C)c1cc(F)cc(F)c1. The van der Waals surface area contributed by atoms with Crippen LogP contribution in [-0.2, 0) is 0 Å². The maximum Gasteiger partial charge on any atom is 0.126 e. The molecule has 14 heavy (non-hydrogen) atoms. The largest absolute Gasteiger partial charge is 0.310 e. The predicted octanol–water partition coefficient (Wildman–Crippen LogP) is 3.03. The van der Waals surface area contributed by atoms with Crippen molar-refractivity contribution in [2.75, 3.05) is 6.54 Å². The lowest BCUT2D eigenvalue weighted by atomic mass is 10.1. The van der Waals surface area contributed by atoms with Crippen LogP contribution in [0.2, 0.25) is 0 Å². The van der Waals surface area contributed by atoms with Gasteiger partial charge in [0.15, 0.2) is 0 Å². The first-order chi connectivity index (χ1) is 6.63. The molecule has 1 aromatic rings. The molecule has 1 atom stereocenters. The van der Waals surface area contributed by atoms with Gasteiger partial charge in [-0.25, -0.2) is 8.78 Å². The van der Waals surface area contributed by atoms with Crippen molar-refractivity contribution < 1.29 is 8.78 Å². The van der Waals surface area contributed by atoms with Gasteiger partial charge in [0.2, 0.25) is 0 Å². The van der Waals surface area contributed by atoms with E-state index >= 15 is 0 Å². The summed E-state index contributed by atoms with van der Waals surface area (Å²) < 4.78 is 25.7. The molecular formula is C11H15F2N. The van der Waals surface area contributed by atoms with Crippen LogP contribution in [0.25, 0.3) is 0 Å². The Bertz CT molecular complexity index is 279. The smallest absolute Gasteiger partial charge is 0.126 e. The quantitative estimate of drug-likeness (QED) is 0.786. The van der Waals surface area contributed by atoms with Crippen LogP contribution >= 0.6 is 0 Å². The Balaban J connectivity index is 2.73. The maximum atomic E-state index is 12.8. The Hall–Kier alpha value is -0.960. The van der Waals surface area contributed by atoms with E-state index in [9.17, 15) is 8.78 Å². The van der Waals surface area contributed by atoms with E-state index < -0.39 is 11.6 Å². The highest BCUT2D eigenvalue weighted by Crippen LogP contribution is 2.15. The van der Waals surface area contributed by atoms with E-state index in [2.05, 4.69) is 5.32 Å². The summed E-state index contributed by atoms with van der Waals surface area (Å²) in [6.07, 6.45) is 1.00. The molecule has 78 valence electrons. The molecule has 0 fully saturated rings. The molecule has 3 heteroatoms. The molecule has 0 unspecified atom stereocenters. The summed E-state index contributed by atoms with van der Waals surface area (Å²) in [5.41, 5.74) is 0.649. The van der Waals surface area contributed by atoms with Crippen LogP contribution in [0.1, 0.15) is 31.9 Å². The third-order valence-electron chi connectivity index (χ3n) is 2.09. The van der Waals surface area contributed by atoms with Crippen molar-refractivity contribution in [2.45, 2.75) is 26.3 Å². The number of halogens is 2. The summed E-state index contributed by atoms with van der Waals surface area (Å²) in [6, 6.07) is 3.59. The predicted molar refractivity (Wildman–Crippen MR) is 53.1 cm³/mol. The van der Waals surface area contributed by atoms with Gasteiger partial charge < -0.3 is 5.32 Å². The van der Waals surface area contributed by atoms with E-state index in [-0.39, 0.29) is 6.04 Å². The summed E-state index contributed by atoms with van der Waals surface area (Å²) >= 11 is 0. The normalized spacial score (nSPS) is 12.9. The van der Waals surface area contributed by atoms with Gasteiger partial charge >= 0.3 is 0 Å². The molecule has 0 heterocycles. The van der Waals surface area contributed by atoms with Gasteiger partial charge in [0, 0.05) is 12.1 Å². The van der Waals surface area contributed by atoms with Crippen molar-refractivity contribution in [3.63, 3.8) is 0 Å². The lowest BCUT2D eigenvalue weighted by molar-refractivity contribution is 0.544. The molecule has 0 aliphatic rings. The van der Waals surface area contributed by atoms with Crippen LogP contribution in [0, 0.1) is 11.6 Å². The van der Waals surface area contributed by atoms with E-state index in [1.165, 1.54) is 12.1 Å². The maximum absolute atomic E-state index is 12.8. The van der Waals surface area contributed by atoms with E-state index in [4.69, 9.17) is 0 Å². The first-order valence-electron chi connectivity index (χ1n) is 4.83. The fourth-order valence-corrected chi connectivity index (χ4v) is 1.30. The number of nitrogens with one attached hydrogen (secondary N) is 1. The molecule has 0 bridgehead atoms. The lowest BCUT2D eigenvalue weighted by Gasteiger charge is -2.13. The Morgan fingerprint density at radius 1 is 1.21 bits per heavy atom. The molecule has 1 N–H and O–H groups in total. The second-order valence-electron chi connectivity index (χ2n) is 3.38. The molecule has 0 amide bonds. The van der Waals surface area contributed by atoms with Crippen molar-refractivity contribution in [1.82, 2.24) is 5.32 Å². The van der Waals surface area contributed by atoms with E-state index in [0.717, 1.165) is 19.0 Å². The molecule has 1 nitrogen and oxygen atoms in total. The van der Waals surface area contributed by atoms with Gasteiger partial charge in [-0.1, -0.05) is 6.92 Å². The summed E-state index contributed by atoms with van der Waals surface area (Å²) in [4.78, 5) is 0. The number of rotatable bonds is 4. The van der Waals surface area contributed by atoms with E-state index in [0.29, 0.717) is 5.56 Å². The van der Waals surface area contributed by atoms with E-state index in [1.54, 1.807) is 0 Å². The first kappa shape index (κ1) is 11.1. The number of hydrogen-bond acceptors (Lipinski definition) is 1. The van der Waals surface area contributed by atoms with Gasteiger partial charge in [-0.3, -0.25) is 0 Å². The molecule has 0 saturated heterocycles. The Kier molecular flexibility index (Phi) is 4.01. The average molecular weight is 199 g/mol. The Labute approximate surface area is 83.1 Å². The van der Waals surface area contributed by atoms with Gasteiger partial charge in [0.25, 0.3) is 0 Å². The molecule has 0 radical (unpaired) electrons. The van der Waals surface area contributed by atoms with Crippen LogP contribution in [0.4, 0.5) is 8.78 Å². The van der Waals surface area contributed by atoms with Crippen molar-refractivity contribution in [2.24, 2.45) is 0 Å². The molecule has 0 aromatic heterocycles. The average Bonchev–Trinajstić information content (AvgIpc) is 2.12. The van der Waals surface area contributed by atoms with Crippen LogP contribution in [0.15, 0.2) is 18.2 Å². The minimum absolute atomic E-state index is 0.0138. The highest BCUT2D eigenvalue weighted by molar-refractivity contribution is 5.20. The summed E-state index contributed by atoms with van der Waals surface area (Å²) in [5.74, 6) is -1.05. The van der Waals surface area contributed by atoms with Crippen LogP contribution < -0.4 is 5.32 Å². The zero-order chi connectivity index (χ0) is 10.6. The van der Waals surface area contributed by atoms with Gasteiger partial charge in [0.05, 0.1) is 0 Å². The number of benzene rings is 1. The fourth-order valence-electron chi connectivity index (χ4n) is 1.30. The number of hydrogen-bond donors (Lipinski definition) is 1. The van der Waals surface area contributed by atoms with Crippen molar-refractivity contribution in [3.8, 4) is 0 Å². The summed E-state index contributed by atoms with van der Waals surface area (Å²) in [6.45, 7) is 4.79. The standard InChI is InChI=1S/C11H15F2N/c1-3-4-14-8(2)9-5-10(12)7-11(13)6-9/h5-8,14H,3-4H2,1-2H3/t8-/m1/s1. The summed E-state index contributed by atoms with van der Waals surface area (Å²) in [7, 11) is 0. The molecular weight excluding hydrogens is 184 g/mol. The lowest BCUT2D eigenvalue weighted by Crippen LogP contribution is -2.19. The molecule has 0 saturated carbocycles. The van der Waals surface area contributed by atoms with Gasteiger partial charge in [-0.15, -0.1) is 0 Å². The minimum Gasteiger partial charge on any atom is -0.310 e. The Morgan fingerprint density at radius 2 is 1.79 bits per heavy atom. The topological polar surface area (TPSA) is 12.0 Å². The zero-order valence-corrected chi connectivity index (χ0v) is 8.48. The Morgan fingerprint density at radius 3 is 2.29 bits per heavy atom. The van der Waals surface area contributed by atoms with Crippen LogP contribution in [-0.4, -0.2) is 6.54 Å². The van der Waals surface area contributed by atoms with Crippen molar-refractivity contribution in [1.29, 1.82) is 0 Å². The highest BCUT2D eigenvalue weighted by atomic mass is 19.1. The third-order valence-corrected chi connectivity index (χ3v) is 2.09. The zero-order valence-electron chi connectivity index (χ0n) is 8.48. The molecule has 0 aliphatic carbocycles. The van der Waals surface area contributed by atoms with E-state index in [1.807, 2.05) is 13.8 Å². The van der Waals surface area contributed by atoms with Crippen molar-refractivity contribution in [3.05, 3.63) is 35.4 Å². The molecule has 1 rings (SSSR count). The van der Waals surface area contributed by atoms with Crippen molar-refractivity contribution >= 4 is 0 Å². The highest BCUT2D eigenvalue weighted by Gasteiger charge is 2.07. The van der Waals surface area contributed by atoms with Gasteiger partial charge in [-0.2, -0.15) is 0 Å². The molecule has 1 aromatic carbocycles. The fraction of sp³-hybridized carbons (Fsp3) is 0.455. The van der Waals surface area contributed by atoms with Gasteiger partial charge in [-0.05, 0) is 37.6 Å². The third kappa shape index (κ3) is 3.07. The first-order valence-corrected chi connectivity index (χ1v) is 4.83. The molecule has 0 aliphatic heterocycles. The van der Waals surface area contributed by atoms with Gasteiger partial charge in [0.1, 0.15) is 11.6 Å². The summed E-state index contributed by atoms with van der Waals surface area (Å²) in [5, 5.41) is 3.17. The monoisotopic (exact) mass is 199 g/mol. The second kappa shape index (κ2) is 5.05. The molecule has 0 spiro atoms. The van der Waals surface area contributed by atoms with Crippen LogP contribution in [0.3, 0.4) is 0 Å².